The van der Waals surface area contributed by atoms with Gasteiger partial charge in [0.2, 0.25) is 0 Å². The van der Waals surface area contributed by atoms with Crippen LogP contribution >= 0.6 is 0 Å². The topological polar surface area (TPSA) is 75.3 Å². The van der Waals surface area contributed by atoms with Crippen LogP contribution in [0.3, 0.4) is 0 Å². The van der Waals surface area contributed by atoms with Gasteiger partial charge in [-0.25, -0.2) is 8.42 Å². The largest absolute Gasteiger partial charge is 0.405 e. The zero-order valence-electron chi connectivity index (χ0n) is 15.4. The number of hydrogen-bond donors (Lipinski definition) is 2. The van der Waals surface area contributed by atoms with Crippen molar-refractivity contribution in [3.8, 4) is 0 Å². The molecule has 2 N–H and O–H groups in total. The number of hydrogen-bond acceptors (Lipinski definition) is 3. The molecule has 0 heterocycles. The minimum atomic E-state index is -4.53. The Morgan fingerprint density at radius 1 is 1.11 bits per heavy atom. The Balaban J connectivity index is 2.15. The normalized spacial score (nSPS) is 13.0. The van der Waals surface area contributed by atoms with Crippen molar-refractivity contribution in [2.45, 2.75) is 37.3 Å². The zero-order chi connectivity index (χ0) is 20.9. The molecule has 0 aliphatic heterocycles. The fourth-order valence-corrected chi connectivity index (χ4v) is 3.48. The first-order valence-electron chi connectivity index (χ1n) is 8.59. The third-order valence-corrected chi connectivity index (χ3v) is 5.60. The van der Waals surface area contributed by atoms with Crippen molar-refractivity contribution in [2.75, 3.05) is 11.3 Å². The molecule has 1 unspecified atom stereocenters. The molecule has 152 valence electrons. The molecule has 0 aliphatic rings. The Labute approximate surface area is 162 Å². The summed E-state index contributed by atoms with van der Waals surface area (Å²) in [6.45, 7) is 2.61. The third kappa shape index (κ3) is 5.98. The number of benzene rings is 2. The molecule has 2 rings (SSSR count). The summed E-state index contributed by atoms with van der Waals surface area (Å²) in [6, 6.07) is 11.7. The molecule has 0 saturated carbocycles. The molecule has 0 saturated heterocycles. The lowest BCUT2D eigenvalue weighted by Crippen LogP contribution is -2.33. The van der Waals surface area contributed by atoms with Gasteiger partial charge >= 0.3 is 6.18 Å². The Hall–Kier alpha value is -2.55. The molecule has 1 atom stereocenters. The van der Waals surface area contributed by atoms with E-state index in [0.29, 0.717) is 5.92 Å². The van der Waals surface area contributed by atoms with Gasteiger partial charge in [0, 0.05) is 11.3 Å². The number of carbonyl (C=O) groups is 1. The fourth-order valence-electron chi connectivity index (χ4n) is 2.43. The van der Waals surface area contributed by atoms with Crippen molar-refractivity contribution in [3.63, 3.8) is 0 Å². The highest BCUT2D eigenvalue weighted by atomic mass is 32.2. The Morgan fingerprint density at radius 2 is 1.75 bits per heavy atom. The summed E-state index contributed by atoms with van der Waals surface area (Å²) in [7, 11) is -3.90. The first-order chi connectivity index (χ1) is 13.0. The lowest BCUT2D eigenvalue weighted by molar-refractivity contribution is -0.123. The number of amides is 1. The first-order valence-corrected chi connectivity index (χ1v) is 10.1. The Morgan fingerprint density at radius 3 is 2.32 bits per heavy atom. The molecule has 0 aliphatic carbocycles. The number of nitrogens with one attached hydrogen (secondary N) is 2. The minimum absolute atomic E-state index is 0.0477. The number of alkyl halides is 3. The minimum Gasteiger partial charge on any atom is -0.343 e. The van der Waals surface area contributed by atoms with Crippen molar-refractivity contribution in [3.05, 3.63) is 59.7 Å². The summed E-state index contributed by atoms with van der Waals surface area (Å²) in [4.78, 5) is 11.9. The lowest BCUT2D eigenvalue weighted by Gasteiger charge is -2.12. The second-order valence-electron chi connectivity index (χ2n) is 6.36. The van der Waals surface area contributed by atoms with Gasteiger partial charge in [-0.1, -0.05) is 32.0 Å². The van der Waals surface area contributed by atoms with Gasteiger partial charge in [0.1, 0.15) is 6.54 Å². The van der Waals surface area contributed by atoms with Crippen molar-refractivity contribution < 1.29 is 26.4 Å². The molecule has 0 bridgehead atoms. The van der Waals surface area contributed by atoms with Gasteiger partial charge < -0.3 is 5.32 Å². The molecule has 0 radical (unpaired) electrons. The number of sulfonamides is 1. The average molecular weight is 414 g/mol. The van der Waals surface area contributed by atoms with Crippen LogP contribution in [0.5, 0.6) is 0 Å². The van der Waals surface area contributed by atoms with Crippen LogP contribution in [-0.2, 0) is 10.0 Å². The summed E-state index contributed by atoms with van der Waals surface area (Å²) in [5, 5.41) is 1.74. The van der Waals surface area contributed by atoms with E-state index >= 15 is 0 Å². The number of anilines is 1. The van der Waals surface area contributed by atoms with Gasteiger partial charge in [-0.05, 0) is 48.2 Å². The molecule has 1 amide bonds. The third-order valence-electron chi connectivity index (χ3n) is 4.20. The van der Waals surface area contributed by atoms with Crippen LogP contribution in [-0.4, -0.2) is 27.0 Å². The van der Waals surface area contributed by atoms with Gasteiger partial charge in [-0.2, -0.15) is 13.2 Å². The SMILES string of the molecule is CCC(C)c1ccc(S(=O)(=O)Nc2cccc(C(=O)NCC(F)(F)F)c2)cc1. The van der Waals surface area contributed by atoms with Crippen LogP contribution < -0.4 is 10.0 Å². The van der Waals surface area contributed by atoms with Crippen LogP contribution in [0.1, 0.15) is 42.1 Å². The van der Waals surface area contributed by atoms with Crippen LogP contribution in [0.4, 0.5) is 18.9 Å². The van der Waals surface area contributed by atoms with E-state index in [1.54, 1.807) is 17.4 Å². The van der Waals surface area contributed by atoms with Crippen LogP contribution in [0.15, 0.2) is 53.4 Å². The zero-order valence-corrected chi connectivity index (χ0v) is 16.2. The second-order valence-corrected chi connectivity index (χ2v) is 8.04. The first kappa shape index (κ1) is 21.7. The highest BCUT2D eigenvalue weighted by Crippen LogP contribution is 2.22. The van der Waals surface area contributed by atoms with E-state index in [0.717, 1.165) is 12.0 Å². The molecule has 0 aromatic heterocycles. The predicted molar refractivity (Wildman–Crippen MR) is 101 cm³/mol. The fraction of sp³-hybridized carbons (Fsp3) is 0.316. The van der Waals surface area contributed by atoms with E-state index in [9.17, 15) is 26.4 Å². The molecule has 0 spiro atoms. The van der Waals surface area contributed by atoms with Crippen molar-refractivity contribution in [2.24, 2.45) is 0 Å². The Kier molecular flexibility index (Phi) is 6.71. The van der Waals surface area contributed by atoms with Gasteiger partial charge in [-0.15, -0.1) is 0 Å². The van der Waals surface area contributed by atoms with E-state index < -0.39 is 28.7 Å². The Bertz CT molecular complexity index is 926. The quantitative estimate of drug-likeness (QED) is 0.710. The number of halogens is 3. The molecule has 0 fully saturated rings. The van der Waals surface area contributed by atoms with Crippen molar-refractivity contribution in [1.29, 1.82) is 0 Å². The summed E-state index contributed by atoms with van der Waals surface area (Å²) in [6.07, 6.45) is -3.61. The standard InChI is InChI=1S/C19H21F3N2O3S/c1-3-13(2)14-7-9-17(10-8-14)28(26,27)24-16-6-4-5-15(11-16)18(25)23-12-19(20,21)22/h4-11,13,24H,3,12H2,1-2H3,(H,23,25). The highest BCUT2D eigenvalue weighted by Gasteiger charge is 2.28. The predicted octanol–water partition coefficient (Wildman–Crippen LogP) is 4.29. The van der Waals surface area contributed by atoms with E-state index in [-0.39, 0.29) is 16.1 Å². The van der Waals surface area contributed by atoms with Gasteiger partial charge in [0.25, 0.3) is 15.9 Å². The number of carbonyl (C=O) groups excluding carboxylic acids is 1. The van der Waals surface area contributed by atoms with Crippen molar-refractivity contribution >= 4 is 21.6 Å². The maximum Gasteiger partial charge on any atom is 0.405 e. The lowest BCUT2D eigenvalue weighted by atomic mass is 9.99. The van der Waals surface area contributed by atoms with Gasteiger partial charge in [0.15, 0.2) is 0 Å². The van der Waals surface area contributed by atoms with Crippen LogP contribution in [0, 0.1) is 0 Å². The summed E-state index contributed by atoms with van der Waals surface area (Å²) in [5.41, 5.74) is 1.01. The van der Waals surface area contributed by atoms with E-state index in [4.69, 9.17) is 0 Å². The molecular formula is C19H21F3N2O3S. The van der Waals surface area contributed by atoms with E-state index in [2.05, 4.69) is 4.72 Å². The smallest absolute Gasteiger partial charge is 0.343 e. The molecule has 2 aromatic rings. The van der Waals surface area contributed by atoms with Gasteiger partial charge in [0.05, 0.1) is 4.90 Å². The van der Waals surface area contributed by atoms with Gasteiger partial charge in [-0.3, -0.25) is 9.52 Å². The summed E-state index contributed by atoms with van der Waals surface area (Å²) < 4.78 is 64.0. The van der Waals surface area contributed by atoms with Crippen molar-refractivity contribution in [1.82, 2.24) is 5.32 Å². The van der Waals surface area contributed by atoms with E-state index in [1.807, 2.05) is 13.8 Å². The van der Waals surface area contributed by atoms with Crippen LogP contribution in [0.25, 0.3) is 0 Å². The average Bonchev–Trinajstić information content (AvgIpc) is 2.64. The summed E-state index contributed by atoms with van der Waals surface area (Å²) >= 11 is 0. The maximum absolute atomic E-state index is 12.5. The van der Waals surface area contributed by atoms with Crippen LogP contribution in [0.2, 0.25) is 0 Å². The van der Waals surface area contributed by atoms with E-state index in [1.165, 1.54) is 36.4 Å². The summed E-state index contributed by atoms with van der Waals surface area (Å²) in [5.74, 6) is -0.645. The number of rotatable bonds is 7. The molecule has 5 nitrogen and oxygen atoms in total. The monoisotopic (exact) mass is 414 g/mol. The molecule has 28 heavy (non-hydrogen) atoms. The highest BCUT2D eigenvalue weighted by molar-refractivity contribution is 7.92. The molecular weight excluding hydrogens is 393 g/mol. The molecule has 9 heteroatoms. The maximum atomic E-state index is 12.5. The molecule has 2 aromatic carbocycles. The second kappa shape index (κ2) is 8.64.